The van der Waals surface area contributed by atoms with Crippen LogP contribution < -0.4 is 15.4 Å². The van der Waals surface area contributed by atoms with Gasteiger partial charge in [0.2, 0.25) is 15.9 Å². The smallest absolute Gasteiger partial charge is 0.238 e. The summed E-state index contributed by atoms with van der Waals surface area (Å²) in [5.41, 5.74) is 0.940. The van der Waals surface area contributed by atoms with Crippen molar-refractivity contribution >= 4 is 46.4 Å². The minimum atomic E-state index is -3.66. The number of nitrogens with one attached hydrogen (secondary N) is 1. The molecule has 3 N–H and O–H groups in total. The van der Waals surface area contributed by atoms with Gasteiger partial charge in [-0.15, -0.1) is 24.8 Å². The highest BCUT2D eigenvalue weighted by molar-refractivity contribution is 7.89. The first-order valence-electron chi connectivity index (χ1n) is 7.22. The summed E-state index contributed by atoms with van der Waals surface area (Å²) in [6.45, 7) is 3.52. The van der Waals surface area contributed by atoms with Gasteiger partial charge in [-0.2, -0.15) is 0 Å². The van der Waals surface area contributed by atoms with Crippen LogP contribution in [0.3, 0.4) is 0 Å². The molecule has 0 bridgehead atoms. The molecule has 0 saturated carbocycles. The average molecular weight is 399 g/mol. The maximum absolute atomic E-state index is 11.9. The second-order valence-corrected chi connectivity index (χ2v) is 6.82. The van der Waals surface area contributed by atoms with Crippen molar-refractivity contribution in [1.29, 1.82) is 0 Å². The maximum atomic E-state index is 11.9. The molecule has 0 unspecified atom stereocenters. The predicted molar refractivity (Wildman–Crippen MR) is 99.6 cm³/mol. The number of carbonyl (C=O) groups excluding carboxylic acids is 1. The number of hydrogen-bond acceptors (Lipinski definition) is 5. The number of amides is 1. The molecule has 1 aliphatic heterocycles. The van der Waals surface area contributed by atoms with E-state index in [0.717, 1.165) is 18.8 Å². The Balaban J connectivity index is 0.00000264. The van der Waals surface area contributed by atoms with E-state index in [4.69, 9.17) is 5.14 Å². The van der Waals surface area contributed by atoms with Crippen LogP contribution in [0.25, 0.3) is 0 Å². The molecule has 0 spiro atoms. The SMILES string of the molecule is CNCCC(=O)N1CCN(c2ccc(S(N)(=O)=O)cc2)CC1.Cl.Cl. The van der Waals surface area contributed by atoms with Gasteiger partial charge in [-0.25, -0.2) is 13.6 Å². The molecule has 7 nitrogen and oxygen atoms in total. The highest BCUT2D eigenvalue weighted by Crippen LogP contribution is 2.19. The Morgan fingerprint density at radius 3 is 2.12 bits per heavy atom. The van der Waals surface area contributed by atoms with Crippen LogP contribution in [-0.2, 0) is 14.8 Å². The van der Waals surface area contributed by atoms with Crippen LogP contribution in [0.15, 0.2) is 29.2 Å². The Bertz CT molecular complexity index is 617. The van der Waals surface area contributed by atoms with E-state index in [2.05, 4.69) is 10.2 Å². The van der Waals surface area contributed by atoms with Crippen LogP contribution in [0.5, 0.6) is 0 Å². The lowest BCUT2D eigenvalue weighted by Crippen LogP contribution is -2.49. The quantitative estimate of drug-likeness (QED) is 0.749. The summed E-state index contributed by atoms with van der Waals surface area (Å²) in [6, 6.07) is 6.51. The maximum Gasteiger partial charge on any atom is 0.238 e. The summed E-state index contributed by atoms with van der Waals surface area (Å²) in [4.78, 5) is 16.1. The van der Waals surface area contributed by atoms with E-state index < -0.39 is 10.0 Å². The number of anilines is 1. The van der Waals surface area contributed by atoms with E-state index >= 15 is 0 Å². The van der Waals surface area contributed by atoms with Gasteiger partial charge in [0.15, 0.2) is 0 Å². The number of carbonyl (C=O) groups is 1. The number of rotatable bonds is 5. The molecule has 1 amide bonds. The number of primary sulfonamides is 1. The fraction of sp³-hybridized carbons (Fsp3) is 0.500. The Kier molecular flexibility index (Phi) is 9.61. The minimum Gasteiger partial charge on any atom is -0.368 e. The van der Waals surface area contributed by atoms with E-state index in [9.17, 15) is 13.2 Å². The molecule has 0 aromatic heterocycles. The molecule has 24 heavy (non-hydrogen) atoms. The van der Waals surface area contributed by atoms with Gasteiger partial charge < -0.3 is 15.1 Å². The number of hydrogen-bond donors (Lipinski definition) is 2. The first-order valence-corrected chi connectivity index (χ1v) is 8.76. The van der Waals surface area contributed by atoms with Gasteiger partial charge in [-0.3, -0.25) is 4.79 Å². The zero-order valence-corrected chi connectivity index (χ0v) is 15.9. The van der Waals surface area contributed by atoms with Crippen molar-refractivity contribution < 1.29 is 13.2 Å². The van der Waals surface area contributed by atoms with Gasteiger partial charge in [-0.1, -0.05) is 0 Å². The Morgan fingerprint density at radius 1 is 1.12 bits per heavy atom. The van der Waals surface area contributed by atoms with Crippen LogP contribution >= 0.6 is 24.8 Å². The number of piperazine rings is 1. The third kappa shape index (κ3) is 6.10. The molecule has 0 aliphatic carbocycles. The van der Waals surface area contributed by atoms with Crippen molar-refractivity contribution in [1.82, 2.24) is 10.2 Å². The summed E-state index contributed by atoms with van der Waals surface area (Å²) >= 11 is 0. The number of halogens is 2. The van der Waals surface area contributed by atoms with Crippen molar-refractivity contribution in [3.63, 3.8) is 0 Å². The van der Waals surface area contributed by atoms with Crippen LogP contribution in [0.4, 0.5) is 5.69 Å². The van der Waals surface area contributed by atoms with Crippen molar-refractivity contribution in [2.24, 2.45) is 5.14 Å². The van der Waals surface area contributed by atoms with Crippen molar-refractivity contribution in [2.45, 2.75) is 11.3 Å². The summed E-state index contributed by atoms with van der Waals surface area (Å²) in [5, 5.41) is 8.06. The van der Waals surface area contributed by atoms with Gasteiger partial charge in [0.05, 0.1) is 4.90 Å². The molecule has 138 valence electrons. The highest BCUT2D eigenvalue weighted by Gasteiger charge is 2.21. The van der Waals surface area contributed by atoms with Crippen LogP contribution in [0.2, 0.25) is 0 Å². The fourth-order valence-corrected chi connectivity index (χ4v) is 2.97. The second-order valence-electron chi connectivity index (χ2n) is 5.26. The molecule has 10 heteroatoms. The topological polar surface area (TPSA) is 95.7 Å². The zero-order chi connectivity index (χ0) is 16.2. The van der Waals surface area contributed by atoms with Gasteiger partial charge in [-0.05, 0) is 31.3 Å². The molecular formula is C14H24Cl2N4O3S. The highest BCUT2D eigenvalue weighted by atomic mass is 35.5. The van der Waals surface area contributed by atoms with E-state index in [1.165, 1.54) is 12.1 Å². The summed E-state index contributed by atoms with van der Waals surface area (Å²) in [6.07, 6.45) is 0.513. The minimum absolute atomic E-state index is 0. The lowest BCUT2D eigenvalue weighted by Gasteiger charge is -2.36. The Morgan fingerprint density at radius 2 is 1.67 bits per heavy atom. The van der Waals surface area contributed by atoms with Crippen LogP contribution in [-0.4, -0.2) is 59.0 Å². The van der Waals surface area contributed by atoms with E-state index in [1.54, 1.807) is 12.1 Å². The van der Waals surface area contributed by atoms with Crippen molar-refractivity contribution in [3.05, 3.63) is 24.3 Å². The van der Waals surface area contributed by atoms with Gasteiger partial charge >= 0.3 is 0 Å². The molecule has 2 rings (SSSR count). The first-order chi connectivity index (χ1) is 10.4. The largest absolute Gasteiger partial charge is 0.368 e. The third-order valence-electron chi connectivity index (χ3n) is 3.75. The fourth-order valence-electron chi connectivity index (χ4n) is 2.45. The molecule has 1 aliphatic rings. The van der Waals surface area contributed by atoms with E-state index in [-0.39, 0.29) is 35.6 Å². The summed E-state index contributed by atoms with van der Waals surface area (Å²) in [5.74, 6) is 0.165. The van der Waals surface area contributed by atoms with E-state index in [0.29, 0.717) is 26.1 Å². The lowest BCUT2D eigenvalue weighted by atomic mass is 10.2. The zero-order valence-electron chi connectivity index (χ0n) is 13.5. The number of nitrogens with zero attached hydrogens (tertiary/aromatic N) is 2. The van der Waals surface area contributed by atoms with Gasteiger partial charge in [0.25, 0.3) is 0 Å². The second kappa shape index (κ2) is 10.0. The van der Waals surface area contributed by atoms with Crippen molar-refractivity contribution in [3.8, 4) is 0 Å². The molecular weight excluding hydrogens is 375 g/mol. The predicted octanol–water partition coefficient (Wildman–Crippen LogP) is 0.436. The summed E-state index contributed by atoms with van der Waals surface area (Å²) in [7, 11) is -1.83. The molecule has 0 radical (unpaired) electrons. The summed E-state index contributed by atoms with van der Waals surface area (Å²) < 4.78 is 22.5. The Hall–Kier alpha value is -1.06. The van der Waals surface area contributed by atoms with Crippen LogP contribution in [0.1, 0.15) is 6.42 Å². The standard InChI is InChI=1S/C14H22N4O3S.2ClH/c1-16-7-6-14(19)18-10-8-17(9-11-18)12-2-4-13(5-3-12)22(15,20)21;;/h2-5,16H,6-11H2,1H3,(H2,15,20,21);2*1H. The number of benzene rings is 1. The molecule has 1 aromatic carbocycles. The number of sulfonamides is 1. The van der Waals surface area contributed by atoms with Crippen molar-refractivity contribution in [2.75, 3.05) is 44.7 Å². The monoisotopic (exact) mass is 398 g/mol. The van der Waals surface area contributed by atoms with E-state index in [1.807, 2.05) is 11.9 Å². The average Bonchev–Trinajstić information content (AvgIpc) is 2.52. The molecule has 0 atom stereocenters. The molecule has 1 saturated heterocycles. The normalized spacial score (nSPS) is 14.6. The molecule has 1 fully saturated rings. The third-order valence-corrected chi connectivity index (χ3v) is 4.68. The number of nitrogens with two attached hydrogens (primary N) is 1. The van der Waals surface area contributed by atoms with Gasteiger partial charge in [0, 0.05) is 44.8 Å². The first kappa shape index (κ1) is 22.9. The Labute approximate surface area is 155 Å². The molecule has 1 heterocycles. The molecule has 1 aromatic rings. The van der Waals surface area contributed by atoms with Crippen LogP contribution in [0, 0.1) is 0 Å². The van der Waals surface area contributed by atoms with Gasteiger partial charge in [0.1, 0.15) is 0 Å². The lowest BCUT2D eigenvalue weighted by molar-refractivity contribution is -0.131.